The molecule has 1 heterocycles. The number of ketones is 1. The van der Waals surface area contributed by atoms with Crippen LogP contribution in [0.2, 0.25) is 0 Å². The van der Waals surface area contributed by atoms with Crippen molar-refractivity contribution >= 4 is 23.1 Å². The average Bonchev–Trinajstić information content (AvgIpc) is 3.06. The first kappa shape index (κ1) is 22.1. The van der Waals surface area contributed by atoms with Gasteiger partial charge in [0, 0.05) is 11.3 Å². The molecule has 0 radical (unpaired) electrons. The zero-order valence-corrected chi connectivity index (χ0v) is 18.9. The quantitative estimate of drug-likeness (QED) is 0.338. The van der Waals surface area contributed by atoms with E-state index in [0.717, 1.165) is 11.1 Å². The van der Waals surface area contributed by atoms with Crippen LogP contribution < -0.4 is 9.64 Å². The van der Waals surface area contributed by atoms with Crippen molar-refractivity contribution in [3.63, 3.8) is 0 Å². The molecule has 6 heteroatoms. The van der Waals surface area contributed by atoms with E-state index in [1.165, 1.54) is 17.0 Å². The molecule has 4 rings (SSSR count). The van der Waals surface area contributed by atoms with Crippen molar-refractivity contribution in [3.05, 3.63) is 94.1 Å². The maximum atomic E-state index is 13.3. The molecule has 33 heavy (non-hydrogen) atoms. The van der Waals surface area contributed by atoms with Gasteiger partial charge in [0.15, 0.2) is 0 Å². The Morgan fingerprint density at radius 1 is 0.939 bits per heavy atom. The van der Waals surface area contributed by atoms with Crippen molar-refractivity contribution in [2.45, 2.75) is 26.8 Å². The van der Waals surface area contributed by atoms with Gasteiger partial charge < -0.3 is 14.9 Å². The summed E-state index contributed by atoms with van der Waals surface area (Å²) in [4.78, 5) is 28.0. The Balaban J connectivity index is 1.98. The van der Waals surface area contributed by atoms with Gasteiger partial charge in [-0.15, -0.1) is 0 Å². The number of aryl methyl sites for hydroxylation is 2. The van der Waals surface area contributed by atoms with Crippen LogP contribution in [0.3, 0.4) is 0 Å². The van der Waals surface area contributed by atoms with E-state index in [-0.39, 0.29) is 17.1 Å². The predicted molar refractivity (Wildman–Crippen MR) is 127 cm³/mol. The molecule has 2 N–H and O–H groups in total. The molecule has 1 atom stereocenters. The molecule has 0 saturated carbocycles. The van der Waals surface area contributed by atoms with Crippen molar-refractivity contribution in [2.75, 3.05) is 12.0 Å². The van der Waals surface area contributed by atoms with Crippen LogP contribution in [0.1, 0.15) is 33.9 Å². The van der Waals surface area contributed by atoms with E-state index in [2.05, 4.69) is 0 Å². The zero-order valence-electron chi connectivity index (χ0n) is 18.9. The van der Waals surface area contributed by atoms with Gasteiger partial charge in [0.2, 0.25) is 0 Å². The van der Waals surface area contributed by atoms with Crippen molar-refractivity contribution in [1.29, 1.82) is 0 Å². The second kappa shape index (κ2) is 8.47. The molecule has 1 unspecified atom stereocenters. The molecule has 0 bridgehead atoms. The Labute approximate surface area is 192 Å². The fraction of sp³-hybridized carbons (Fsp3) is 0.185. The number of ether oxygens (including phenoxy) is 1. The molecule has 1 aliphatic heterocycles. The average molecular weight is 443 g/mol. The number of carbonyl (C=O) groups excluding carboxylic acids is 2. The molecular weight excluding hydrogens is 418 g/mol. The highest BCUT2D eigenvalue weighted by atomic mass is 16.5. The molecule has 1 amide bonds. The summed E-state index contributed by atoms with van der Waals surface area (Å²) >= 11 is 0. The first-order chi connectivity index (χ1) is 15.7. The van der Waals surface area contributed by atoms with Gasteiger partial charge in [0.05, 0.1) is 18.7 Å². The highest BCUT2D eigenvalue weighted by Gasteiger charge is 2.47. The Kier molecular flexibility index (Phi) is 5.68. The minimum absolute atomic E-state index is 0.000127. The highest BCUT2D eigenvalue weighted by molar-refractivity contribution is 6.51. The van der Waals surface area contributed by atoms with Crippen molar-refractivity contribution in [3.8, 4) is 11.5 Å². The van der Waals surface area contributed by atoms with Gasteiger partial charge in [-0.1, -0.05) is 24.3 Å². The topological polar surface area (TPSA) is 87.1 Å². The van der Waals surface area contributed by atoms with Crippen molar-refractivity contribution < 1.29 is 24.5 Å². The minimum atomic E-state index is -0.854. The number of methoxy groups -OCH3 is 1. The number of aliphatic hydroxyl groups is 1. The number of rotatable bonds is 4. The molecule has 3 aromatic carbocycles. The second-order valence-electron chi connectivity index (χ2n) is 8.16. The largest absolute Gasteiger partial charge is 0.508 e. The van der Waals surface area contributed by atoms with Gasteiger partial charge in [-0.3, -0.25) is 14.5 Å². The lowest BCUT2D eigenvalue weighted by Crippen LogP contribution is -2.30. The Morgan fingerprint density at radius 3 is 2.27 bits per heavy atom. The van der Waals surface area contributed by atoms with Crippen LogP contribution in [-0.2, 0) is 9.59 Å². The highest BCUT2D eigenvalue weighted by Crippen LogP contribution is 2.44. The van der Waals surface area contributed by atoms with E-state index in [0.29, 0.717) is 28.1 Å². The maximum absolute atomic E-state index is 13.3. The Hall–Kier alpha value is -4.06. The number of aromatic hydroxyl groups is 1. The van der Waals surface area contributed by atoms with Crippen LogP contribution in [-0.4, -0.2) is 29.0 Å². The molecule has 1 fully saturated rings. The summed E-state index contributed by atoms with van der Waals surface area (Å²) < 4.78 is 5.24. The van der Waals surface area contributed by atoms with Gasteiger partial charge in [0.1, 0.15) is 17.3 Å². The smallest absolute Gasteiger partial charge is 0.300 e. The predicted octanol–water partition coefficient (Wildman–Crippen LogP) is 4.95. The molecule has 0 aromatic heterocycles. The van der Waals surface area contributed by atoms with Gasteiger partial charge in [-0.05, 0) is 79.4 Å². The number of Topliss-reactive ketones (excluding diaryl/α,β-unsaturated/α-hetero) is 1. The summed E-state index contributed by atoms with van der Waals surface area (Å²) in [6.45, 7) is 5.63. The lowest BCUT2D eigenvalue weighted by molar-refractivity contribution is -0.132. The second-order valence-corrected chi connectivity index (χ2v) is 8.16. The minimum Gasteiger partial charge on any atom is -0.508 e. The number of phenolic OH excluding ortho intramolecular Hbond substituents is 1. The monoisotopic (exact) mass is 443 g/mol. The third kappa shape index (κ3) is 3.74. The molecular formula is C27H25NO5. The molecule has 3 aromatic rings. The number of carbonyl (C=O) groups is 2. The van der Waals surface area contributed by atoms with E-state index in [9.17, 15) is 19.8 Å². The number of phenols is 1. The zero-order chi connectivity index (χ0) is 23.9. The molecule has 0 spiro atoms. The summed E-state index contributed by atoms with van der Waals surface area (Å²) in [6, 6.07) is 16.1. The van der Waals surface area contributed by atoms with Crippen molar-refractivity contribution in [2.24, 2.45) is 0 Å². The van der Waals surface area contributed by atoms with Crippen LogP contribution in [0.25, 0.3) is 5.76 Å². The Morgan fingerprint density at radius 2 is 1.64 bits per heavy atom. The fourth-order valence-corrected chi connectivity index (χ4v) is 4.22. The number of nitrogens with zero attached hydrogens (tertiary/aromatic N) is 1. The van der Waals surface area contributed by atoms with Gasteiger partial charge in [-0.25, -0.2) is 0 Å². The SMILES string of the molecule is COc1ccc(/C(O)=C2\C(=O)C(=O)N(c3cccc(C)c3C)C2c2ccc(O)cc2)c(C)c1. The van der Waals surface area contributed by atoms with Gasteiger partial charge in [0.25, 0.3) is 11.7 Å². The molecule has 1 saturated heterocycles. The summed E-state index contributed by atoms with van der Waals surface area (Å²) in [6.07, 6.45) is 0. The summed E-state index contributed by atoms with van der Waals surface area (Å²) in [5, 5.41) is 21.1. The van der Waals surface area contributed by atoms with E-state index >= 15 is 0 Å². The Bertz CT molecular complexity index is 1290. The number of benzene rings is 3. The lowest BCUT2D eigenvalue weighted by Gasteiger charge is -2.27. The normalized spacial score (nSPS) is 17.5. The lowest BCUT2D eigenvalue weighted by atomic mass is 9.93. The van der Waals surface area contributed by atoms with Crippen LogP contribution in [0, 0.1) is 20.8 Å². The molecule has 168 valence electrons. The van der Waals surface area contributed by atoms with E-state index in [1.54, 1.807) is 50.4 Å². The molecule has 6 nitrogen and oxygen atoms in total. The first-order valence-corrected chi connectivity index (χ1v) is 10.6. The number of hydrogen-bond donors (Lipinski definition) is 2. The van der Waals surface area contributed by atoms with Gasteiger partial charge >= 0.3 is 0 Å². The summed E-state index contributed by atoms with van der Waals surface area (Å²) in [5.74, 6) is -1.04. The van der Waals surface area contributed by atoms with Crippen LogP contribution in [0.5, 0.6) is 11.5 Å². The summed E-state index contributed by atoms with van der Waals surface area (Å²) in [7, 11) is 1.55. The first-order valence-electron chi connectivity index (χ1n) is 10.6. The van der Waals surface area contributed by atoms with E-state index in [4.69, 9.17) is 4.74 Å². The van der Waals surface area contributed by atoms with E-state index < -0.39 is 17.7 Å². The van der Waals surface area contributed by atoms with Crippen LogP contribution >= 0.6 is 0 Å². The third-order valence-electron chi connectivity index (χ3n) is 6.18. The number of aliphatic hydroxyl groups excluding tert-OH is 1. The number of hydrogen-bond acceptors (Lipinski definition) is 5. The number of anilines is 1. The van der Waals surface area contributed by atoms with Crippen LogP contribution in [0.15, 0.2) is 66.2 Å². The molecule has 0 aliphatic carbocycles. The third-order valence-corrected chi connectivity index (χ3v) is 6.18. The summed E-state index contributed by atoms with van der Waals surface area (Å²) in [5.41, 5.74) is 4.18. The fourth-order valence-electron chi connectivity index (χ4n) is 4.22. The maximum Gasteiger partial charge on any atom is 0.300 e. The number of amides is 1. The van der Waals surface area contributed by atoms with Crippen molar-refractivity contribution in [1.82, 2.24) is 0 Å². The van der Waals surface area contributed by atoms with E-state index in [1.807, 2.05) is 26.0 Å². The molecule has 1 aliphatic rings. The standard InChI is InChI=1S/C27H25NO5/c1-15-6-5-7-22(17(15)3)28-24(18-8-10-19(29)11-9-18)23(26(31)27(28)32)25(30)21-13-12-20(33-4)14-16(21)2/h5-14,24,29-30H,1-4H3/b25-23+. The van der Waals surface area contributed by atoms with Crippen LogP contribution in [0.4, 0.5) is 5.69 Å². The van der Waals surface area contributed by atoms with Gasteiger partial charge in [-0.2, -0.15) is 0 Å².